The van der Waals surface area contributed by atoms with Gasteiger partial charge in [0.15, 0.2) is 5.82 Å². The van der Waals surface area contributed by atoms with Crippen LogP contribution in [0.2, 0.25) is 0 Å². The molecule has 1 fully saturated rings. The van der Waals surface area contributed by atoms with Gasteiger partial charge in [-0.2, -0.15) is 4.98 Å². The van der Waals surface area contributed by atoms with Crippen molar-refractivity contribution in [3.63, 3.8) is 0 Å². The van der Waals surface area contributed by atoms with Gasteiger partial charge in [-0.25, -0.2) is 0 Å². The second-order valence-electron chi connectivity index (χ2n) is 6.77. The Labute approximate surface area is 132 Å². The Morgan fingerprint density at radius 1 is 1.36 bits per heavy atom. The van der Waals surface area contributed by atoms with Crippen LogP contribution in [0.3, 0.4) is 0 Å². The van der Waals surface area contributed by atoms with Crippen molar-refractivity contribution in [1.82, 2.24) is 15.0 Å². The van der Waals surface area contributed by atoms with Gasteiger partial charge in [0.2, 0.25) is 5.89 Å². The SMILES string of the molecule is CC(C)COC(C)c1noc(CN2CCCC2CC(C)O)n1. The van der Waals surface area contributed by atoms with Gasteiger partial charge in [-0.3, -0.25) is 4.90 Å². The number of hydrogen-bond donors (Lipinski definition) is 1. The van der Waals surface area contributed by atoms with Gasteiger partial charge in [-0.1, -0.05) is 19.0 Å². The van der Waals surface area contributed by atoms with E-state index < -0.39 is 0 Å². The standard InChI is InChI=1S/C16H29N3O3/c1-11(2)10-21-13(4)16-17-15(22-18-16)9-19-7-5-6-14(19)8-12(3)20/h11-14,20H,5-10H2,1-4H3. The molecule has 0 radical (unpaired) electrons. The molecule has 1 aromatic heterocycles. The van der Waals surface area contributed by atoms with E-state index in [1.165, 1.54) is 0 Å². The summed E-state index contributed by atoms with van der Waals surface area (Å²) in [6, 6.07) is 0.407. The first-order valence-corrected chi connectivity index (χ1v) is 8.32. The molecule has 0 bridgehead atoms. The number of aliphatic hydroxyl groups is 1. The number of rotatable bonds is 8. The second-order valence-corrected chi connectivity index (χ2v) is 6.77. The fourth-order valence-corrected chi connectivity index (χ4v) is 2.85. The highest BCUT2D eigenvalue weighted by Crippen LogP contribution is 2.24. The Kier molecular flexibility index (Phi) is 6.35. The van der Waals surface area contributed by atoms with Gasteiger partial charge in [0.1, 0.15) is 6.10 Å². The molecule has 3 unspecified atom stereocenters. The van der Waals surface area contributed by atoms with Crippen molar-refractivity contribution in [3.05, 3.63) is 11.7 Å². The van der Waals surface area contributed by atoms with Crippen LogP contribution in [-0.2, 0) is 11.3 Å². The van der Waals surface area contributed by atoms with Crippen LogP contribution in [-0.4, -0.2) is 45.4 Å². The van der Waals surface area contributed by atoms with E-state index in [4.69, 9.17) is 9.26 Å². The van der Waals surface area contributed by atoms with Crippen LogP contribution < -0.4 is 0 Å². The smallest absolute Gasteiger partial charge is 0.240 e. The molecule has 0 saturated carbocycles. The molecule has 6 nitrogen and oxygen atoms in total. The van der Waals surface area contributed by atoms with E-state index in [2.05, 4.69) is 28.9 Å². The van der Waals surface area contributed by atoms with E-state index >= 15 is 0 Å². The summed E-state index contributed by atoms with van der Waals surface area (Å²) in [6.45, 7) is 10.4. The van der Waals surface area contributed by atoms with Crippen LogP contribution in [0.4, 0.5) is 0 Å². The Morgan fingerprint density at radius 2 is 2.14 bits per heavy atom. The number of likely N-dealkylation sites (tertiary alicyclic amines) is 1. The van der Waals surface area contributed by atoms with Gasteiger partial charge in [-0.15, -0.1) is 0 Å². The van der Waals surface area contributed by atoms with Crippen molar-refractivity contribution < 1.29 is 14.4 Å². The van der Waals surface area contributed by atoms with Crippen molar-refractivity contribution in [2.75, 3.05) is 13.2 Å². The molecule has 6 heteroatoms. The second kappa shape index (κ2) is 8.04. The molecule has 1 N–H and O–H groups in total. The average Bonchev–Trinajstić information content (AvgIpc) is 3.06. The predicted octanol–water partition coefficient (Wildman–Crippen LogP) is 2.54. The van der Waals surface area contributed by atoms with Gasteiger partial charge in [0.05, 0.1) is 12.6 Å². The Balaban J connectivity index is 1.88. The fraction of sp³-hybridized carbons (Fsp3) is 0.875. The lowest BCUT2D eigenvalue weighted by molar-refractivity contribution is 0.0402. The van der Waals surface area contributed by atoms with Gasteiger partial charge < -0.3 is 14.4 Å². The molecule has 0 amide bonds. The van der Waals surface area contributed by atoms with Crippen molar-refractivity contribution in [2.45, 2.75) is 71.8 Å². The van der Waals surface area contributed by atoms with E-state index in [1.54, 1.807) is 0 Å². The predicted molar refractivity (Wildman–Crippen MR) is 83.2 cm³/mol. The van der Waals surface area contributed by atoms with E-state index in [0.717, 1.165) is 25.8 Å². The highest BCUT2D eigenvalue weighted by molar-refractivity contribution is 4.92. The Bertz CT molecular complexity index is 448. The summed E-state index contributed by atoms with van der Waals surface area (Å²) in [5.74, 6) is 1.73. The normalized spacial score (nSPS) is 22.4. The average molecular weight is 311 g/mol. The molecule has 1 aliphatic rings. The fourth-order valence-electron chi connectivity index (χ4n) is 2.85. The first kappa shape index (κ1) is 17.4. The quantitative estimate of drug-likeness (QED) is 0.795. The van der Waals surface area contributed by atoms with Crippen molar-refractivity contribution in [3.8, 4) is 0 Å². The Morgan fingerprint density at radius 3 is 2.82 bits per heavy atom. The summed E-state index contributed by atoms with van der Waals surface area (Å²) in [7, 11) is 0. The van der Waals surface area contributed by atoms with Crippen molar-refractivity contribution >= 4 is 0 Å². The maximum absolute atomic E-state index is 9.58. The lowest BCUT2D eigenvalue weighted by Crippen LogP contribution is -2.31. The van der Waals surface area contributed by atoms with E-state index in [0.29, 0.717) is 36.8 Å². The molecule has 0 aromatic carbocycles. The van der Waals surface area contributed by atoms with Crippen LogP contribution in [0.5, 0.6) is 0 Å². The maximum atomic E-state index is 9.58. The molecular weight excluding hydrogens is 282 g/mol. The number of hydrogen-bond acceptors (Lipinski definition) is 6. The third kappa shape index (κ3) is 5.04. The number of ether oxygens (including phenoxy) is 1. The van der Waals surface area contributed by atoms with Crippen LogP contribution in [0.1, 0.15) is 64.8 Å². The molecule has 1 saturated heterocycles. The minimum absolute atomic E-state index is 0.147. The zero-order chi connectivity index (χ0) is 16.1. The lowest BCUT2D eigenvalue weighted by Gasteiger charge is -2.23. The van der Waals surface area contributed by atoms with Crippen molar-refractivity contribution in [2.24, 2.45) is 5.92 Å². The van der Waals surface area contributed by atoms with Gasteiger partial charge in [0.25, 0.3) is 0 Å². The van der Waals surface area contributed by atoms with Crippen LogP contribution in [0.15, 0.2) is 4.52 Å². The lowest BCUT2D eigenvalue weighted by atomic mass is 10.1. The first-order valence-electron chi connectivity index (χ1n) is 8.32. The highest BCUT2D eigenvalue weighted by Gasteiger charge is 2.27. The molecule has 2 rings (SSSR count). The van der Waals surface area contributed by atoms with E-state index in [1.807, 2.05) is 13.8 Å². The summed E-state index contributed by atoms with van der Waals surface area (Å²) in [5.41, 5.74) is 0. The molecule has 0 spiro atoms. The maximum Gasteiger partial charge on any atom is 0.240 e. The topological polar surface area (TPSA) is 71.6 Å². The van der Waals surface area contributed by atoms with Crippen molar-refractivity contribution in [1.29, 1.82) is 0 Å². The van der Waals surface area contributed by atoms with E-state index in [9.17, 15) is 5.11 Å². The summed E-state index contributed by atoms with van der Waals surface area (Å²) < 4.78 is 11.1. The molecule has 0 aliphatic carbocycles. The zero-order valence-corrected chi connectivity index (χ0v) is 14.2. The molecule has 126 valence electrons. The summed E-state index contributed by atoms with van der Waals surface area (Å²) in [4.78, 5) is 6.78. The third-order valence-corrected chi connectivity index (χ3v) is 3.98. The van der Waals surface area contributed by atoms with Crippen LogP contribution in [0.25, 0.3) is 0 Å². The number of aliphatic hydroxyl groups excluding tert-OH is 1. The molecular formula is C16H29N3O3. The van der Waals surface area contributed by atoms with Gasteiger partial charge in [0, 0.05) is 12.6 Å². The van der Waals surface area contributed by atoms with Crippen LogP contribution >= 0.6 is 0 Å². The zero-order valence-electron chi connectivity index (χ0n) is 14.2. The summed E-state index contributed by atoms with van der Waals surface area (Å²) >= 11 is 0. The largest absolute Gasteiger partial charge is 0.393 e. The molecule has 1 aromatic rings. The first-order chi connectivity index (χ1) is 10.5. The van der Waals surface area contributed by atoms with Gasteiger partial charge in [-0.05, 0) is 45.6 Å². The molecule has 2 heterocycles. The molecule has 22 heavy (non-hydrogen) atoms. The highest BCUT2D eigenvalue weighted by atomic mass is 16.5. The summed E-state index contributed by atoms with van der Waals surface area (Å²) in [5, 5.41) is 13.6. The monoisotopic (exact) mass is 311 g/mol. The minimum atomic E-state index is -0.270. The number of nitrogens with zero attached hydrogens (tertiary/aromatic N) is 3. The molecule has 3 atom stereocenters. The minimum Gasteiger partial charge on any atom is -0.393 e. The summed E-state index contributed by atoms with van der Waals surface area (Å²) in [6.07, 6.45) is 2.67. The van der Waals surface area contributed by atoms with E-state index in [-0.39, 0.29) is 12.2 Å². The Hall–Kier alpha value is -0.980. The molecule has 1 aliphatic heterocycles. The van der Waals surface area contributed by atoms with Crippen LogP contribution in [0, 0.1) is 5.92 Å². The number of aromatic nitrogens is 2. The van der Waals surface area contributed by atoms with Gasteiger partial charge >= 0.3 is 0 Å². The third-order valence-electron chi connectivity index (χ3n) is 3.98.